The fraction of sp³-hybridized carbons (Fsp3) is 0.360. The molecule has 1 atom stereocenters. The van der Waals surface area contributed by atoms with Gasteiger partial charge in [0.1, 0.15) is 24.2 Å². The highest BCUT2D eigenvalue weighted by Crippen LogP contribution is 2.34. The number of benzene rings is 3. The monoisotopic (exact) mass is 391 g/mol. The summed E-state index contributed by atoms with van der Waals surface area (Å²) in [6, 6.07) is 22.5. The van der Waals surface area contributed by atoms with Gasteiger partial charge in [0.15, 0.2) is 0 Å². The van der Waals surface area contributed by atoms with Gasteiger partial charge in [-0.05, 0) is 54.9 Å². The second kappa shape index (κ2) is 9.29. The van der Waals surface area contributed by atoms with E-state index in [1.54, 1.807) is 7.11 Å². The Bertz CT molecular complexity index is 929. The van der Waals surface area contributed by atoms with Gasteiger partial charge < -0.3 is 19.5 Å². The number of rotatable bonds is 7. The molecule has 0 aliphatic carbocycles. The molecular weight excluding hydrogens is 362 g/mol. The number of piperidine rings is 1. The molecule has 3 aromatic rings. The van der Waals surface area contributed by atoms with E-state index in [9.17, 15) is 5.11 Å². The summed E-state index contributed by atoms with van der Waals surface area (Å²) in [6.45, 7) is 2.91. The Balaban J connectivity index is 1.28. The Morgan fingerprint density at radius 1 is 0.931 bits per heavy atom. The van der Waals surface area contributed by atoms with Crippen LogP contribution in [0.15, 0.2) is 66.7 Å². The van der Waals surface area contributed by atoms with Crippen molar-refractivity contribution in [1.82, 2.24) is 4.90 Å². The molecule has 3 aromatic carbocycles. The molecule has 1 aliphatic rings. The normalized spacial score (nSPS) is 16.6. The van der Waals surface area contributed by atoms with Crippen molar-refractivity contribution < 1.29 is 14.6 Å². The summed E-state index contributed by atoms with van der Waals surface area (Å²) in [6.07, 6.45) is 1.66. The lowest BCUT2D eigenvalue weighted by Crippen LogP contribution is -2.40. The third-order valence-electron chi connectivity index (χ3n) is 5.82. The number of fused-ring (bicyclic) bond motifs is 1. The van der Waals surface area contributed by atoms with E-state index in [-0.39, 0.29) is 0 Å². The van der Waals surface area contributed by atoms with Gasteiger partial charge in [-0.25, -0.2) is 0 Å². The van der Waals surface area contributed by atoms with Crippen LogP contribution in [0.3, 0.4) is 0 Å². The van der Waals surface area contributed by atoms with E-state index in [1.165, 1.54) is 5.56 Å². The zero-order chi connectivity index (χ0) is 20.1. The first kappa shape index (κ1) is 19.7. The largest absolute Gasteiger partial charge is 0.496 e. The molecule has 0 aromatic heterocycles. The molecule has 29 heavy (non-hydrogen) atoms. The Kier molecular flexibility index (Phi) is 6.33. The number of aliphatic hydroxyl groups is 1. The first-order valence-electron chi connectivity index (χ1n) is 10.4. The van der Waals surface area contributed by atoms with E-state index in [4.69, 9.17) is 9.47 Å². The molecule has 0 bridgehead atoms. The molecule has 1 unspecified atom stereocenters. The van der Waals surface area contributed by atoms with Crippen molar-refractivity contribution in [2.45, 2.75) is 24.9 Å². The van der Waals surface area contributed by atoms with E-state index >= 15 is 0 Å². The Morgan fingerprint density at radius 3 is 2.45 bits per heavy atom. The fourth-order valence-electron chi connectivity index (χ4n) is 4.29. The third kappa shape index (κ3) is 4.72. The summed E-state index contributed by atoms with van der Waals surface area (Å²) >= 11 is 0. The van der Waals surface area contributed by atoms with Gasteiger partial charge in [-0.15, -0.1) is 0 Å². The predicted molar refractivity (Wildman–Crippen MR) is 117 cm³/mol. The van der Waals surface area contributed by atoms with E-state index in [2.05, 4.69) is 35.2 Å². The maximum absolute atomic E-state index is 10.5. The second-order valence-corrected chi connectivity index (χ2v) is 7.76. The third-order valence-corrected chi connectivity index (χ3v) is 5.82. The summed E-state index contributed by atoms with van der Waals surface area (Å²) in [5.41, 5.74) is 1.30. The minimum Gasteiger partial charge on any atom is -0.496 e. The second-order valence-electron chi connectivity index (χ2n) is 7.76. The van der Waals surface area contributed by atoms with Crippen LogP contribution in [0.5, 0.6) is 11.5 Å². The number of β-amino-alcohol motifs (C(OH)–C–C–N with tert-alkyl or cyclic N) is 1. The van der Waals surface area contributed by atoms with Crippen LogP contribution in [-0.2, 0) is 0 Å². The number of likely N-dealkylation sites (tertiary alicyclic amines) is 1. The summed E-state index contributed by atoms with van der Waals surface area (Å²) in [7, 11) is 1.74. The molecule has 1 N–H and O–H groups in total. The molecule has 152 valence electrons. The van der Waals surface area contributed by atoms with E-state index in [0.29, 0.717) is 19.1 Å². The van der Waals surface area contributed by atoms with Crippen LogP contribution in [0.25, 0.3) is 10.8 Å². The number of aliphatic hydroxyl groups excluding tert-OH is 1. The number of ether oxygens (including phenoxy) is 2. The number of hydrogen-bond acceptors (Lipinski definition) is 4. The Hall–Kier alpha value is -2.56. The van der Waals surface area contributed by atoms with Crippen molar-refractivity contribution in [2.24, 2.45) is 0 Å². The first-order valence-corrected chi connectivity index (χ1v) is 10.4. The number of methoxy groups -OCH3 is 1. The highest BCUT2D eigenvalue weighted by Gasteiger charge is 2.24. The van der Waals surface area contributed by atoms with Gasteiger partial charge in [-0.2, -0.15) is 0 Å². The van der Waals surface area contributed by atoms with E-state index in [1.807, 2.05) is 36.4 Å². The van der Waals surface area contributed by atoms with Crippen LogP contribution in [0.4, 0.5) is 0 Å². The van der Waals surface area contributed by atoms with Crippen molar-refractivity contribution in [3.63, 3.8) is 0 Å². The SMILES string of the molecule is COc1ccccc1C1CCN(CC(O)COc2cccc3ccccc23)CC1. The van der Waals surface area contributed by atoms with Gasteiger partial charge in [-0.1, -0.05) is 54.6 Å². The van der Waals surface area contributed by atoms with Crippen LogP contribution in [0.2, 0.25) is 0 Å². The van der Waals surface area contributed by atoms with Crippen molar-refractivity contribution in [1.29, 1.82) is 0 Å². The molecular formula is C25H29NO3. The van der Waals surface area contributed by atoms with Crippen molar-refractivity contribution >= 4 is 10.8 Å². The van der Waals surface area contributed by atoms with Gasteiger partial charge in [0.25, 0.3) is 0 Å². The maximum Gasteiger partial charge on any atom is 0.127 e. The summed E-state index contributed by atoms with van der Waals surface area (Å²) in [4.78, 5) is 2.34. The topological polar surface area (TPSA) is 41.9 Å². The van der Waals surface area contributed by atoms with Crippen LogP contribution >= 0.6 is 0 Å². The molecule has 4 rings (SSSR count). The molecule has 1 aliphatic heterocycles. The number of para-hydroxylation sites is 1. The van der Waals surface area contributed by atoms with Crippen molar-refractivity contribution in [3.8, 4) is 11.5 Å². The van der Waals surface area contributed by atoms with E-state index in [0.717, 1.165) is 48.2 Å². The van der Waals surface area contributed by atoms with Crippen LogP contribution in [0.1, 0.15) is 24.3 Å². The average molecular weight is 392 g/mol. The zero-order valence-electron chi connectivity index (χ0n) is 17.0. The molecule has 0 spiro atoms. The van der Waals surface area contributed by atoms with Gasteiger partial charge in [0, 0.05) is 11.9 Å². The molecule has 1 heterocycles. The fourth-order valence-corrected chi connectivity index (χ4v) is 4.29. The zero-order valence-corrected chi connectivity index (χ0v) is 17.0. The van der Waals surface area contributed by atoms with Crippen molar-refractivity contribution in [3.05, 3.63) is 72.3 Å². The van der Waals surface area contributed by atoms with E-state index < -0.39 is 6.10 Å². The van der Waals surface area contributed by atoms with Gasteiger partial charge in [-0.3, -0.25) is 0 Å². The molecule has 0 amide bonds. The lowest BCUT2D eigenvalue weighted by molar-refractivity contribution is 0.0598. The van der Waals surface area contributed by atoms with Gasteiger partial charge in [0.2, 0.25) is 0 Å². The van der Waals surface area contributed by atoms with Crippen LogP contribution in [0, 0.1) is 0 Å². The van der Waals surface area contributed by atoms with Gasteiger partial charge in [0.05, 0.1) is 7.11 Å². The first-order chi connectivity index (χ1) is 14.2. The minimum absolute atomic E-state index is 0.306. The molecule has 0 saturated carbocycles. The lowest BCUT2D eigenvalue weighted by Gasteiger charge is -2.33. The highest BCUT2D eigenvalue weighted by atomic mass is 16.5. The lowest BCUT2D eigenvalue weighted by atomic mass is 9.88. The Labute approximate surface area is 172 Å². The van der Waals surface area contributed by atoms with Crippen LogP contribution < -0.4 is 9.47 Å². The molecule has 4 nitrogen and oxygen atoms in total. The molecule has 0 radical (unpaired) electrons. The highest BCUT2D eigenvalue weighted by molar-refractivity contribution is 5.88. The van der Waals surface area contributed by atoms with Gasteiger partial charge >= 0.3 is 0 Å². The molecule has 1 fully saturated rings. The summed E-state index contributed by atoms with van der Waals surface area (Å²) in [5.74, 6) is 2.33. The standard InChI is InChI=1S/C25H29NO3/c1-28-24-11-5-4-9-22(24)20-13-15-26(16-14-20)17-21(27)18-29-25-12-6-8-19-7-2-3-10-23(19)25/h2-12,20-21,27H,13-18H2,1H3. The maximum atomic E-state index is 10.5. The quantitative estimate of drug-likeness (QED) is 0.645. The molecule has 4 heteroatoms. The number of nitrogens with zero attached hydrogens (tertiary/aromatic N) is 1. The smallest absolute Gasteiger partial charge is 0.127 e. The minimum atomic E-state index is -0.503. The summed E-state index contributed by atoms with van der Waals surface area (Å²) in [5, 5.41) is 12.7. The average Bonchev–Trinajstić information content (AvgIpc) is 2.78. The summed E-state index contributed by atoms with van der Waals surface area (Å²) < 4.78 is 11.5. The van der Waals surface area contributed by atoms with Crippen molar-refractivity contribution in [2.75, 3.05) is 33.4 Å². The van der Waals surface area contributed by atoms with Crippen LogP contribution in [-0.4, -0.2) is 49.5 Å². The predicted octanol–water partition coefficient (Wildman–Crippen LogP) is 4.47. The Morgan fingerprint density at radius 2 is 1.62 bits per heavy atom. The number of hydrogen-bond donors (Lipinski definition) is 1. The molecule has 1 saturated heterocycles.